The fraction of sp³-hybridized carbons (Fsp3) is 0.364. The van der Waals surface area contributed by atoms with E-state index in [4.69, 9.17) is 97.4 Å². The van der Waals surface area contributed by atoms with Crippen LogP contribution in [0.3, 0.4) is 0 Å². The maximum Gasteiger partial charge on any atom is 0.416 e. The molecule has 0 aliphatic carbocycles. The van der Waals surface area contributed by atoms with E-state index in [0.717, 1.165) is 51.9 Å². The second-order valence-corrected chi connectivity index (χ2v) is 32.0. The number of aromatic nitrogens is 7. The second-order valence-electron chi connectivity index (χ2n) is 25.2. The van der Waals surface area contributed by atoms with Crippen LogP contribution in [0.25, 0.3) is 0 Å². The van der Waals surface area contributed by atoms with Gasteiger partial charge in [-0.3, -0.25) is 14.5 Å². The summed E-state index contributed by atoms with van der Waals surface area (Å²) >= 11 is 49.5. The minimum Gasteiger partial charge on any atom is -0.443 e. The monoisotopic (exact) mass is 1840 g/mol. The van der Waals surface area contributed by atoms with E-state index in [0.29, 0.717) is 71.7 Å². The fourth-order valence-electron chi connectivity index (χ4n) is 6.92. The molecule has 0 atom stereocenters. The zero-order valence-corrected chi connectivity index (χ0v) is 68.9. The first-order chi connectivity index (χ1) is 43.7. The van der Waals surface area contributed by atoms with Crippen LogP contribution in [0.15, 0.2) is 121 Å². The zero-order chi connectivity index (χ0) is 72.6. The third kappa shape index (κ3) is 33.4. The van der Waals surface area contributed by atoms with Crippen molar-refractivity contribution in [1.82, 2.24) is 34.9 Å². The number of carbonyl (C=O) groups excluding carboxylic acids is 3. The number of pyridine rings is 7. The van der Waals surface area contributed by atoms with Crippen LogP contribution >= 0.6 is 165 Å². The van der Waals surface area contributed by atoms with Gasteiger partial charge in [-0.05, 0) is 175 Å². The predicted molar refractivity (Wildman–Crippen MR) is 428 cm³/mol. The Morgan fingerprint density at radius 2 is 1.02 bits per heavy atom. The van der Waals surface area contributed by atoms with Gasteiger partial charge < -0.3 is 37.5 Å². The first kappa shape index (κ1) is 86.7. The van der Waals surface area contributed by atoms with E-state index in [1.165, 1.54) is 11.1 Å². The average molecular weight is 1840 g/mol. The van der Waals surface area contributed by atoms with Gasteiger partial charge in [0.2, 0.25) is 11.8 Å². The average Bonchev–Trinajstić information content (AvgIpc) is 1.62. The molecule has 0 aromatic carbocycles. The normalized spacial score (nSPS) is 12.6. The number of halogens is 11. The number of hydrogen-bond acceptors (Lipinski definition) is 15. The van der Waals surface area contributed by atoms with Gasteiger partial charge in [0.25, 0.3) is 0 Å². The Hall–Kier alpha value is -4.36. The number of rotatable bonds is 6. The van der Waals surface area contributed by atoms with Crippen LogP contribution in [0.4, 0.5) is 45.5 Å². The van der Waals surface area contributed by atoms with E-state index in [9.17, 15) is 14.4 Å². The van der Waals surface area contributed by atoms with E-state index >= 15 is 0 Å². The Kier molecular flexibility index (Phi) is 36.5. The van der Waals surface area contributed by atoms with Gasteiger partial charge in [-0.2, -0.15) is 0 Å². The minimum absolute atomic E-state index is 0.0739. The van der Waals surface area contributed by atoms with Gasteiger partial charge in [0.05, 0.1) is 10.7 Å². The lowest BCUT2D eigenvalue weighted by Crippen LogP contribution is -2.38. The van der Waals surface area contributed by atoms with Crippen LogP contribution in [0.5, 0.6) is 0 Å². The number of fused-ring (bicyclic) bond motifs is 2. The summed E-state index contributed by atoms with van der Waals surface area (Å²) in [5.74, 6) is 4.15. The maximum absolute atomic E-state index is 12.2. The molecule has 0 saturated carbocycles. The minimum atomic E-state index is -0.525. The summed E-state index contributed by atoms with van der Waals surface area (Å²) in [4.78, 5) is 65.2. The van der Waals surface area contributed by atoms with Gasteiger partial charge >= 0.3 is 6.09 Å². The molecule has 0 unspecified atom stereocenters. The third-order valence-electron chi connectivity index (χ3n) is 11.8. The summed E-state index contributed by atoms with van der Waals surface area (Å²) in [6.07, 6.45) is -0.380. The predicted octanol–water partition coefficient (Wildman–Crippen LogP) is 20.8. The highest BCUT2D eigenvalue weighted by molar-refractivity contribution is 14.1. The molecule has 18 nitrogen and oxygen atoms in total. The maximum atomic E-state index is 12.2. The van der Waals surface area contributed by atoms with Crippen molar-refractivity contribution >= 4 is 224 Å². The summed E-state index contributed by atoms with van der Waals surface area (Å²) in [5.41, 5.74) is 13.8. The highest BCUT2D eigenvalue weighted by atomic mass is 127. The van der Waals surface area contributed by atoms with E-state index in [1.54, 1.807) is 65.6 Å². The Morgan fingerprint density at radius 1 is 0.579 bits per heavy atom. The lowest BCUT2D eigenvalue weighted by Gasteiger charge is -2.25. The van der Waals surface area contributed by atoms with E-state index < -0.39 is 16.4 Å². The molecule has 8 N–H and O–H groups in total. The number of nitrogen functional groups attached to an aromatic ring is 2. The molecule has 95 heavy (non-hydrogen) atoms. The first-order valence-electron chi connectivity index (χ1n) is 28.8. The van der Waals surface area contributed by atoms with E-state index in [2.05, 4.69) is 181 Å². The Morgan fingerprint density at radius 3 is 1.48 bits per heavy atom. The summed E-state index contributed by atoms with van der Waals surface area (Å²) in [6, 6.07) is 28.5. The highest BCUT2D eigenvalue weighted by Crippen LogP contribution is 2.41. The molecule has 2 aliphatic rings. The van der Waals surface area contributed by atoms with Crippen LogP contribution in [-0.4, -0.2) is 83.4 Å². The molecule has 7 aromatic rings. The number of hydrogen-bond donors (Lipinski definition) is 6. The number of nitrogens with two attached hydrogens (primary N) is 2. The summed E-state index contributed by atoms with van der Waals surface area (Å²) < 4.78 is 8.27. The van der Waals surface area contributed by atoms with Crippen LogP contribution < -0.4 is 37.6 Å². The number of alkyl halides is 1. The van der Waals surface area contributed by atoms with Gasteiger partial charge in [-0.1, -0.05) is 215 Å². The number of amides is 3. The molecule has 0 spiro atoms. The number of allylic oxidation sites excluding steroid dienone is 1. The molecule has 9 rings (SSSR count). The van der Waals surface area contributed by atoms with Crippen LogP contribution in [0, 0.1) is 21.5 Å². The molecule has 7 aromatic heterocycles. The number of carbonyl (C=O) groups is 3. The van der Waals surface area contributed by atoms with Gasteiger partial charge in [0.1, 0.15) is 82.4 Å². The van der Waals surface area contributed by atoms with Crippen molar-refractivity contribution in [3.8, 4) is 0 Å². The van der Waals surface area contributed by atoms with Crippen molar-refractivity contribution in [2.24, 2.45) is 10.8 Å². The van der Waals surface area contributed by atoms with Crippen molar-refractivity contribution in [2.45, 2.75) is 120 Å². The quantitative estimate of drug-likeness (QED) is 0.0392. The molecule has 516 valence electrons. The number of ether oxygens (including phenoxy) is 1. The zero-order valence-electron chi connectivity index (χ0n) is 55.5. The topological polar surface area (TPSA) is 254 Å². The summed E-state index contributed by atoms with van der Waals surface area (Å²) in [7, 11) is 0. The lowest BCUT2D eigenvalue weighted by molar-refractivity contribution is -0.123. The van der Waals surface area contributed by atoms with Crippen molar-refractivity contribution in [3.63, 3.8) is 0 Å². The molecular formula is C66H81BrCl7I3N14O4. The summed E-state index contributed by atoms with van der Waals surface area (Å²) in [6.45, 7) is 38.7. The van der Waals surface area contributed by atoms with Crippen molar-refractivity contribution in [1.29, 1.82) is 0 Å². The molecule has 0 bridgehead atoms. The smallest absolute Gasteiger partial charge is 0.416 e. The van der Waals surface area contributed by atoms with Crippen LogP contribution in [0.1, 0.15) is 115 Å². The van der Waals surface area contributed by atoms with Crippen LogP contribution in [0.2, 0.25) is 36.1 Å². The SMILES string of the molecule is C=C(C)CBr.C=C(C)CNc1nc(Cl)ccc1I.CC(C)(C)C(=O)Nc1cccc(Cl)n1.CC(C)(C)C(=O)Nc1nc(Cl)ccc1I.CC(C)(C)OC(=O)N1CC(C)(C)c2ccc(Cl)nc21.CC1(C)CNc2nc(Cl)ccc21.Nc1cccc(Cl)n1.Nc1nc(Cl)ccc1I. The first-order valence-corrected chi connectivity index (χ1v) is 35.8. The molecular weight excluding hydrogens is 1760 g/mol. The van der Waals surface area contributed by atoms with Gasteiger partial charge in [0, 0.05) is 57.8 Å². The van der Waals surface area contributed by atoms with E-state index in [1.807, 2.05) is 113 Å². The number of anilines is 7. The Balaban J connectivity index is 0.000000378. The van der Waals surface area contributed by atoms with Crippen molar-refractivity contribution in [2.75, 3.05) is 62.6 Å². The van der Waals surface area contributed by atoms with Gasteiger partial charge in [-0.25, -0.2) is 39.7 Å². The Bertz CT molecular complexity index is 3730. The fourth-order valence-corrected chi connectivity index (χ4v) is 9.22. The second kappa shape index (κ2) is 40.0. The van der Waals surface area contributed by atoms with E-state index in [-0.39, 0.29) is 28.7 Å². The molecule has 9 heterocycles. The molecule has 29 heteroatoms. The largest absolute Gasteiger partial charge is 0.443 e. The third-order valence-corrected chi connectivity index (χ3v) is 16.9. The van der Waals surface area contributed by atoms with Crippen LogP contribution in [-0.2, 0) is 25.2 Å². The Labute approximate surface area is 643 Å². The van der Waals surface area contributed by atoms with Crippen molar-refractivity contribution < 1.29 is 19.1 Å². The molecule has 3 amide bonds. The molecule has 0 radical (unpaired) electrons. The standard InChI is InChI=1S/C14H19ClN2O2.C10H12ClIN2O.C10H13ClN2O.C9H10ClIN2.C9H11ClN2.C5H4ClIN2.C5H5ClN2.C4H7Br/c1-13(2,3)19-12(18)17-8-14(4,5)9-6-7-10(15)16-11(9)17;1-10(2,3)9(15)14-8-6(12)4-5-7(11)13-8;1-10(2,3)9(14)13-8-6-4-5-7(11)12-8;1-6(2)5-12-9-7(11)3-4-8(10)13-9;1-9(2)5-11-8-6(9)3-4-7(10)12-8;6-4-2-1-3(7)5(8)9-4;6-4-2-1-3-5(7)8-4;1-4(2)3-5/h6-7H,8H2,1-5H3;4-5H,1-3H3,(H,13,14,15);4-6H,1-3H3,(H,12,13,14);3-4H,1,5H2,2H3,(H,12,13);3-4H,5H2,1-2H3,(H,11,12);1-2H,(H2,8,9);1-3H,(H2,7,8);1,3H2,2H3. The number of nitrogens with zero attached hydrogens (tertiary/aromatic N) is 8. The van der Waals surface area contributed by atoms with Crippen molar-refractivity contribution in [3.05, 3.63) is 179 Å². The summed E-state index contributed by atoms with van der Waals surface area (Å²) in [5, 5.41) is 15.8. The molecule has 0 fully saturated rings. The molecule has 2 aliphatic heterocycles. The molecule has 0 saturated heterocycles. The van der Waals surface area contributed by atoms with Gasteiger partial charge in [-0.15, -0.1) is 0 Å². The number of nitrogens with one attached hydrogen (secondary N) is 4. The highest BCUT2D eigenvalue weighted by Gasteiger charge is 2.41. The lowest BCUT2D eigenvalue weighted by atomic mass is 9.88. The van der Waals surface area contributed by atoms with Gasteiger partial charge in [0.15, 0.2) is 0 Å².